The maximum Gasteiger partial charge on any atom is 0.334 e. The lowest BCUT2D eigenvalue weighted by Crippen LogP contribution is -2.35. The molecule has 1 aromatic carbocycles. The van der Waals surface area contributed by atoms with Gasteiger partial charge >= 0.3 is 8.56 Å². The van der Waals surface area contributed by atoms with Crippen LogP contribution in [0.25, 0.3) is 0 Å². The molecule has 0 aliphatic carbocycles. The van der Waals surface area contributed by atoms with E-state index in [2.05, 4.69) is 24.0 Å². The molecule has 96 valence electrons. The highest BCUT2D eigenvalue weighted by atomic mass is 28.4. The quantitative estimate of drug-likeness (QED) is 0.570. The highest BCUT2D eigenvalue weighted by Gasteiger charge is 2.27. The van der Waals surface area contributed by atoms with Crippen molar-refractivity contribution in [3.63, 3.8) is 0 Å². The predicted molar refractivity (Wildman–Crippen MR) is 74.6 cm³/mol. The summed E-state index contributed by atoms with van der Waals surface area (Å²) in [4.78, 5) is 0. The van der Waals surface area contributed by atoms with E-state index in [9.17, 15) is 0 Å². The molecule has 0 spiro atoms. The second-order valence-corrected chi connectivity index (χ2v) is 7.88. The molecule has 0 amide bonds. The molecule has 3 nitrogen and oxygen atoms in total. The Labute approximate surface area is 105 Å². The van der Waals surface area contributed by atoms with E-state index in [-0.39, 0.29) is 0 Å². The van der Waals surface area contributed by atoms with Gasteiger partial charge in [-0.1, -0.05) is 18.2 Å². The van der Waals surface area contributed by atoms with Crippen molar-refractivity contribution in [3.05, 3.63) is 30.3 Å². The van der Waals surface area contributed by atoms with Crippen molar-refractivity contribution in [2.45, 2.75) is 25.4 Å². The summed E-state index contributed by atoms with van der Waals surface area (Å²) < 4.78 is 10.9. The molecule has 0 heterocycles. The van der Waals surface area contributed by atoms with E-state index in [4.69, 9.17) is 8.85 Å². The zero-order chi connectivity index (χ0) is 12.6. The first-order chi connectivity index (χ1) is 8.20. The topological polar surface area (TPSA) is 30.5 Å². The molecule has 0 atom stereocenters. The lowest BCUT2D eigenvalue weighted by Gasteiger charge is -2.22. The van der Waals surface area contributed by atoms with Crippen molar-refractivity contribution >= 4 is 14.2 Å². The van der Waals surface area contributed by atoms with Gasteiger partial charge in [0.05, 0.1) is 0 Å². The lowest BCUT2D eigenvalue weighted by molar-refractivity contribution is 0.248. The normalized spacial score (nSPS) is 11.5. The lowest BCUT2D eigenvalue weighted by atomic mass is 10.3. The van der Waals surface area contributed by atoms with Crippen LogP contribution in [0.4, 0.5) is 5.69 Å². The minimum absolute atomic E-state index is 1.00. The van der Waals surface area contributed by atoms with Gasteiger partial charge in [0.15, 0.2) is 0 Å². The number of unbranched alkanes of at least 4 members (excludes halogenated alkanes) is 1. The van der Waals surface area contributed by atoms with Gasteiger partial charge in [0.1, 0.15) is 0 Å². The number of rotatable bonds is 8. The number of hydrogen-bond donors (Lipinski definition) is 1. The number of nitrogens with one attached hydrogen (secondary N) is 1. The van der Waals surface area contributed by atoms with Gasteiger partial charge < -0.3 is 14.2 Å². The zero-order valence-electron chi connectivity index (χ0n) is 11.0. The summed E-state index contributed by atoms with van der Waals surface area (Å²) >= 11 is 0. The van der Waals surface area contributed by atoms with Crippen LogP contribution in [0.5, 0.6) is 0 Å². The zero-order valence-corrected chi connectivity index (χ0v) is 12.0. The Balaban J connectivity index is 2.13. The molecule has 0 unspecified atom stereocenters. The molecule has 1 N–H and O–H groups in total. The molecule has 0 bridgehead atoms. The molecule has 17 heavy (non-hydrogen) atoms. The van der Waals surface area contributed by atoms with Crippen LogP contribution in [-0.2, 0) is 8.85 Å². The molecule has 0 saturated heterocycles. The summed E-state index contributed by atoms with van der Waals surface area (Å²) in [5.41, 5.74) is 1.19. The van der Waals surface area contributed by atoms with Gasteiger partial charge in [0, 0.05) is 26.5 Å². The van der Waals surface area contributed by atoms with Gasteiger partial charge in [-0.15, -0.1) is 0 Å². The van der Waals surface area contributed by atoms with E-state index >= 15 is 0 Å². The van der Waals surface area contributed by atoms with E-state index in [1.54, 1.807) is 14.2 Å². The first kappa shape index (κ1) is 14.2. The van der Waals surface area contributed by atoms with Crippen LogP contribution in [0.15, 0.2) is 30.3 Å². The number of para-hydroxylation sites is 1. The van der Waals surface area contributed by atoms with Crippen LogP contribution >= 0.6 is 0 Å². The fourth-order valence-corrected chi connectivity index (χ4v) is 3.11. The monoisotopic (exact) mass is 253 g/mol. The molecule has 0 saturated carbocycles. The van der Waals surface area contributed by atoms with Crippen LogP contribution in [0.1, 0.15) is 12.8 Å². The SMILES string of the molecule is CO[Si](C)(CCCCNc1ccccc1)OC. The second-order valence-electron chi connectivity index (χ2n) is 4.29. The van der Waals surface area contributed by atoms with Crippen LogP contribution < -0.4 is 5.32 Å². The highest BCUT2D eigenvalue weighted by molar-refractivity contribution is 6.65. The van der Waals surface area contributed by atoms with E-state index in [1.807, 2.05) is 18.2 Å². The van der Waals surface area contributed by atoms with Crippen LogP contribution in [0.3, 0.4) is 0 Å². The third-order valence-electron chi connectivity index (χ3n) is 3.02. The number of anilines is 1. The van der Waals surface area contributed by atoms with Crippen molar-refractivity contribution in [3.8, 4) is 0 Å². The van der Waals surface area contributed by atoms with Crippen LogP contribution in [-0.4, -0.2) is 29.3 Å². The third-order valence-corrected chi connectivity index (χ3v) is 6.01. The smallest absolute Gasteiger partial charge is 0.334 e. The maximum atomic E-state index is 5.45. The van der Waals surface area contributed by atoms with Crippen molar-refractivity contribution < 1.29 is 8.85 Å². The van der Waals surface area contributed by atoms with Gasteiger partial charge in [-0.2, -0.15) is 0 Å². The number of benzene rings is 1. The van der Waals surface area contributed by atoms with Gasteiger partial charge in [-0.05, 0) is 37.6 Å². The Kier molecular flexibility index (Phi) is 6.25. The Morgan fingerprint density at radius 3 is 2.29 bits per heavy atom. The molecular formula is C13H23NO2Si. The van der Waals surface area contributed by atoms with Gasteiger partial charge in [-0.3, -0.25) is 0 Å². The maximum absolute atomic E-state index is 5.45. The van der Waals surface area contributed by atoms with Gasteiger partial charge in [0.2, 0.25) is 0 Å². The van der Waals surface area contributed by atoms with Crippen molar-refractivity contribution in [1.82, 2.24) is 0 Å². The minimum atomic E-state index is -1.85. The predicted octanol–water partition coefficient (Wildman–Crippen LogP) is 3.24. The standard InChI is InChI=1S/C13H23NO2Si/c1-15-17(3,16-2)12-8-7-11-14-13-9-5-4-6-10-13/h4-6,9-10,14H,7-8,11-12H2,1-3H3. The summed E-state index contributed by atoms with van der Waals surface area (Å²) in [6.07, 6.45) is 2.29. The summed E-state index contributed by atoms with van der Waals surface area (Å²) in [6.45, 7) is 3.11. The molecule has 0 aliphatic rings. The van der Waals surface area contributed by atoms with Gasteiger partial charge in [-0.25, -0.2) is 0 Å². The Bertz CT molecular complexity index is 302. The Morgan fingerprint density at radius 2 is 1.71 bits per heavy atom. The number of hydrogen-bond acceptors (Lipinski definition) is 3. The van der Waals surface area contributed by atoms with Crippen LogP contribution in [0, 0.1) is 0 Å². The molecule has 4 heteroatoms. The summed E-state index contributed by atoms with van der Waals surface area (Å²) in [7, 11) is 1.64. The fourth-order valence-electron chi connectivity index (χ4n) is 1.65. The summed E-state index contributed by atoms with van der Waals surface area (Å²) in [5, 5.41) is 3.40. The van der Waals surface area contributed by atoms with Gasteiger partial charge in [0.25, 0.3) is 0 Å². The minimum Gasteiger partial charge on any atom is -0.398 e. The summed E-state index contributed by atoms with van der Waals surface area (Å²) in [6, 6.07) is 11.3. The van der Waals surface area contributed by atoms with Crippen molar-refractivity contribution in [2.24, 2.45) is 0 Å². The molecule has 1 rings (SSSR count). The average Bonchev–Trinajstić information content (AvgIpc) is 2.39. The van der Waals surface area contributed by atoms with E-state index < -0.39 is 8.56 Å². The average molecular weight is 253 g/mol. The first-order valence-corrected chi connectivity index (χ1v) is 8.62. The fraction of sp³-hybridized carbons (Fsp3) is 0.538. The molecule has 0 aromatic heterocycles. The largest absolute Gasteiger partial charge is 0.398 e. The van der Waals surface area contributed by atoms with Crippen molar-refractivity contribution in [2.75, 3.05) is 26.1 Å². The van der Waals surface area contributed by atoms with E-state index in [1.165, 1.54) is 5.69 Å². The highest BCUT2D eigenvalue weighted by Crippen LogP contribution is 2.15. The Hall–Kier alpha value is -0.843. The molecule has 1 aromatic rings. The molecule has 0 radical (unpaired) electrons. The molecule has 0 aliphatic heterocycles. The van der Waals surface area contributed by atoms with Crippen LogP contribution in [0.2, 0.25) is 12.6 Å². The first-order valence-electron chi connectivity index (χ1n) is 6.09. The van der Waals surface area contributed by atoms with E-state index in [0.717, 1.165) is 25.4 Å². The second kappa shape index (κ2) is 7.48. The molecular weight excluding hydrogens is 230 g/mol. The van der Waals surface area contributed by atoms with Crippen molar-refractivity contribution in [1.29, 1.82) is 0 Å². The summed E-state index contributed by atoms with van der Waals surface area (Å²) in [5.74, 6) is 0. The molecule has 0 fully saturated rings. The third kappa shape index (κ3) is 5.34. The Morgan fingerprint density at radius 1 is 1.06 bits per heavy atom. The van der Waals surface area contributed by atoms with E-state index in [0.29, 0.717) is 0 Å².